The van der Waals surface area contributed by atoms with E-state index in [0.717, 1.165) is 12.8 Å². The fourth-order valence-electron chi connectivity index (χ4n) is 2.80. The van der Waals surface area contributed by atoms with Gasteiger partial charge in [-0.25, -0.2) is 4.39 Å². The van der Waals surface area contributed by atoms with Crippen LogP contribution >= 0.6 is 0 Å². The van der Waals surface area contributed by atoms with Crippen LogP contribution < -0.4 is 0 Å². The molecule has 2 bridgehead atoms. The third kappa shape index (κ3) is 1.00. The highest BCUT2D eigenvalue weighted by atomic mass is 19.1. The zero-order chi connectivity index (χ0) is 9.85. The number of halogens is 1. The predicted octanol–water partition coefficient (Wildman–Crippen LogP) is 1.87. The van der Waals surface area contributed by atoms with Crippen molar-refractivity contribution in [3.8, 4) is 0 Å². The highest BCUT2D eigenvalue weighted by molar-refractivity contribution is 5.08. The van der Waals surface area contributed by atoms with Crippen LogP contribution in [0, 0.1) is 11.3 Å². The van der Waals surface area contributed by atoms with Crippen molar-refractivity contribution in [2.24, 2.45) is 11.3 Å². The average molecular weight is 188 g/mol. The number of hydrogen-bond donors (Lipinski definition) is 1. The Bertz CT molecular complexity index is 226. The average Bonchev–Trinajstić information content (AvgIpc) is 2.13. The van der Waals surface area contributed by atoms with Gasteiger partial charge in [0.15, 0.2) is 12.5 Å². The van der Waals surface area contributed by atoms with Gasteiger partial charge in [-0.3, -0.25) is 0 Å². The molecule has 2 fully saturated rings. The number of hydrogen-bond acceptors (Lipinski definition) is 2. The minimum atomic E-state index is -1.22. The van der Waals surface area contributed by atoms with Crippen molar-refractivity contribution in [2.45, 2.75) is 51.7 Å². The molecule has 1 heterocycles. The van der Waals surface area contributed by atoms with Crippen molar-refractivity contribution < 1.29 is 14.2 Å². The van der Waals surface area contributed by atoms with Crippen molar-refractivity contribution >= 4 is 0 Å². The molecule has 0 aromatic carbocycles. The molecule has 2 aliphatic rings. The standard InChI is InChI=1S/C10H17FO2/c1-9(2)6-4-5-10(9,3)13-8(12)7(6)11/h6-8,12H,4-5H2,1-3H3. The zero-order valence-corrected chi connectivity index (χ0v) is 8.38. The van der Waals surface area contributed by atoms with Crippen LogP contribution in [0.4, 0.5) is 4.39 Å². The molecule has 0 radical (unpaired) electrons. The fraction of sp³-hybridized carbons (Fsp3) is 1.00. The van der Waals surface area contributed by atoms with Crippen LogP contribution in [0.1, 0.15) is 33.6 Å². The summed E-state index contributed by atoms with van der Waals surface area (Å²) in [6.45, 7) is 6.04. The fourth-order valence-corrected chi connectivity index (χ4v) is 2.80. The molecule has 2 rings (SSSR count). The van der Waals surface area contributed by atoms with Gasteiger partial charge in [0.1, 0.15) is 0 Å². The molecular weight excluding hydrogens is 171 g/mol. The van der Waals surface area contributed by atoms with E-state index in [2.05, 4.69) is 0 Å². The molecule has 13 heavy (non-hydrogen) atoms. The summed E-state index contributed by atoms with van der Waals surface area (Å²) in [6.07, 6.45) is -0.764. The van der Waals surface area contributed by atoms with E-state index in [-0.39, 0.29) is 16.9 Å². The maximum atomic E-state index is 13.6. The summed E-state index contributed by atoms with van der Waals surface area (Å²) in [6, 6.07) is 0. The van der Waals surface area contributed by atoms with Crippen LogP contribution in [0.3, 0.4) is 0 Å². The van der Waals surface area contributed by atoms with Crippen LogP contribution in [0.25, 0.3) is 0 Å². The minimum Gasteiger partial charge on any atom is -0.366 e. The number of ether oxygens (including phenoxy) is 1. The second-order valence-electron chi connectivity index (χ2n) is 5.05. The van der Waals surface area contributed by atoms with Crippen molar-refractivity contribution in [3.05, 3.63) is 0 Å². The highest BCUT2D eigenvalue weighted by Crippen LogP contribution is 2.58. The van der Waals surface area contributed by atoms with E-state index in [1.807, 2.05) is 20.8 Å². The van der Waals surface area contributed by atoms with Crippen molar-refractivity contribution in [2.75, 3.05) is 0 Å². The predicted molar refractivity (Wildman–Crippen MR) is 46.9 cm³/mol. The van der Waals surface area contributed by atoms with Gasteiger partial charge in [0.2, 0.25) is 0 Å². The third-order valence-corrected chi connectivity index (χ3v) is 4.26. The van der Waals surface area contributed by atoms with Crippen molar-refractivity contribution in [3.63, 3.8) is 0 Å². The molecule has 1 aliphatic carbocycles. The van der Waals surface area contributed by atoms with Gasteiger partial charge in [-0.15, -0.1) is 0 Å². The Morgan fingerprint density at radius 3 is 2.62 bits per heavy atom. The van der Waals surface area contributed by atoms with Crippen LogP contribution in [-0.4, -0.2) is 23.2 Å². The Labute approximate surface area is 78.1 Å². The monoisotopic (exact) mass is 188 g/mol. The van der Waals surface area contributed by atoms with Gasteiger partial charge in [-0.1, -0.05) is 13.8 Å². The van der Waals surface area contributed by atoms with Crippen molar-refractivity contribution in [1.82, 2.24) is 0 Å². The lowest BCUT2D eigenvalue weighted by atomic mass is 9.69. The molecule has 1 saturated heterocycles. The summed E-state index contributed by atoms with van der Waals surface area (Å²) < 4.78 is 18.9. The molecule has 4 unspecified atom stereocenters. The van der Waals surface area contributed by atoms with E-state index < -0.39 is 12.5 Å². The van der Waals surface area contributed by atoms with Gasteiger partial charge in [-0.2, -0.15) is 0 Å². The summed E-state index contributed by atoms with van der Waals surface area (Å²) in [5.74, 6) is -0.0544. The molecule has 0 aromatic heterocycles. The maximum absolute atomic E-state index is 13.6. The molecule has 2 nitrogen and oxygen atoms in total. The first-order chi connectivity index (χ1) is 5.88. The van der Waals surface area contributed by atoms with E-state index in [0.29, 0.717) is 0 Å². The zero-order valence-electron chi connectivity index (χ0n) is 8.38. The first kappa shape index (κ1) is 9.41. The lowest BCUT2D eigenvalue weighted by Gasteiger charge is -2.48. The molecule has 1 N–H and O–H groups in total. The first-order valence-corrected chi connectivity index (χ1v) is 4.88. The Kier molecular flexibility index (Phi) is 1.77. The molecule has 0 aromatic rings. The van der Waals surface area contributed by atoms with E-state index in [1.165, 1.54) is 0 Å². The highest BCUT2D eigenvalue weighted by Gasteiger charge is 2.61. The number of aliphatic hydroxyl groups is 1. The summed E-state index contributed by atoms with van der Waals surface area (Å²) in [4.78, 5) is 0. The summed E-state index contributed by atoms with van der Waals surface area (Å²) >= 11 is 0. The normalized spacial score (nSPS) is 53.8. The second-order valence-corrected chi connectivity index (χ2v) is 5.05. The Morgan fingerprint density at radius 1 is 1.38 bits per heavy atom. The van der Waals surface area contributed by atoms with Gasteiger partial charge in [0.25, 0.3) is 0 Å². The smallest absolute Gasteiger partial charge is 0.187 e. The SMILES string of the molecule is CC12CCC(C(F)C(O)O1)C2(C)C. The third-order valence-electron chi connectivity index (χ3n) is 4.26. The Morgan fingerprint density at radius 2 is 2.00 bits per heavy atom. The maximum Gasteiger partial charge on any atom is 0.187 e. The molecule has 76 valence electrons. The molecule has 3 heteroatoms. The molecular formula is C10H17FO2. The molecule has 1 saturated carbocycles. The lowest BCUT2D eigenvalue weighted by molar-refractivity contribution is -0.277. The number of rotatable bonds is 0. The minimum absolute atomic E-state index is 0.0544. The van der Waals surface area contributed by atoms with Crippen LogP contribution in [0.2, 0.25) is 0 Å². The number of fused-ring (bicyclic) bond motifs is 2. The van der Waals surface area contributed by atoms with Gasteiger partial charge in [0, 0.05) is 5.92 Å². The van der Waals surface area contributed by atoms with E-state index >= 15 is 0 Å². The molecule has 1 aliphatic heterocycles. The van der Waals surface area contributed by atoms with Crippen LogP contribution in [0.5, 0.6) is 0 Å². The Hall–Kier alpha value is -0.150. The number of alkyl halides is 1. The summed E-state index contributed by atoms with van der Waals surface area (Å²) in [7, 11) is 0. The largest absolute Gasteiger partial charge is 0.366 e. The van der Waals surface area contributed by atoms with E-state index in [4.69, 9.17) is 4.74 Å². The van der Waals surface area contributed by atoms with E-state index in [1.54, 1.807) is 0 Å². The molecule has 4 atom stereocenters. The second kappa shape index (κ2) is 2.45. The van der Waals surface area contributed by atoms with Gasteiger partial charge >= 0.3 is 0 Å². The van der Waals surface area contributed by atoms with Crippen LogP contribution in [-0.2, 0) is 4.74 Å². The quantitative estimate of drug-likeness (QED) is 0.628. The first-order valence-electron chi connectivity index (χ1n) is 4.88. The summed E-state index contributed by atoms with van der Waals surface area (Å²) in [5.41, 5.74) is -0.509. The molecule has 0 spiro atoms. The topological polar surface area (TPSA) is 29.5 Å². The van der Waals surface area contributed by atoms with E-state index in [9.17, 15) is 9.50 Å². The lowest BCUT2D eigenvalue weighted by Crippen LogP contribution is -2.55. The number of aliphatic hydroxyl groups excluding tert-OH is 1. The van der Waals surface area contributed by atoms with Gasteiger partial charge in [0.05, 0.1) is 5.60 Å². The van der Waals surface area contributed by atoms with Gasteiger partial charge < -0.3 is 9.84 Å². The molecule has 0 amide bonds. The Balaban J connectivity index is 2.36. The summed E-state index contributed by atoms with van der Waals surface area (Å²) in [5, 5.41) is 9.36. The van der Waals surface area contributed by atoms with Crippen LogP contribution in [0.15, 0.2) is 0 Å². The van der Waals surface area contributed by atoms with Crippen molar-refractivity contribution in [1.29, 1.82) is 0 Å². The van der Waals surface area contributed by atoms with Gasteiger partial charge in [-0.05, 0) is 25.2 Å².